The molecule has 0 aliphatic carbocycles. The number of hydrogen-bond donors (Lipinski definition) is 1. The van der Waals surface area contributed by atoms with Gasteiger partial charge >= 0.3 is 0 Å². The fourth-order valence-electron chi connectivity index (χ4n) is 2.03. The van der Waals surface area contributed by atoms with E-state index >= 15 is 0 Å². The first-order valence-electron chi connectivity index (χ1n) is 6.10. The maximum absolute atomic E-state index is 13.7. The van der Waals surface area contributed by atoms with E-state index in [4.69, 9.17) is 0 Å². The van der Waals surface area contributed by atoms with Crippen LogP contribution in [0.5, 0.6) is 0 Å². The number of benzene rings is 1. The Hall–Kier alpha value is -1.35. The van der Waals surface area contributed by atoms with Crippen molar-refractivity contribution in [1.82, 2.24) is 5.32 Å². The van der Waals surface area contributed by atoms with Crippen LogP contribution in [0.15, 0.2) is 35.4 Å². The van der Waals surface area contributed by atoms with E-state index < -0.39 is 0 Å². The minimum absolute atomic E-state index is 0.140. The van der Waals surface area contributed by atoms with Crippen LogP contribution in [0.1, 0.15) is 13.8 Å². The van der Waals surface area contributed by atoms with Gasteiger partial charge in [0.05, 0.1) is 5.69 Å². The summed E-state index contributed by atoms with van der Waals surface area (Å²) in [7, 11) is 0. The lowest BCUT2D eigenvalue weighted by Gasteiger charge is -2.28. The van der Waals surface area contributed by atoms with E-state index in [1.54, 1.807) is 6.07 Å². The van der Waals surface area contributed by atoms with E-state index in [1.165, 1.54) is 17.2 Å². The summed E-state index contributed by atoms with van der Waals surface area (Å²) in [6, 6.07) is 6.98. The summed E-state index contributed by atoms with van der Waals surface area (Å²) in [6.07, 6.45) is 0. The number of nitrogens with one attached hydrogen (secondary N) is 1. The number of halogens is 1. The number of para-hydroxylation sites is 1. The van der Waals surface area contributed by atoms with Crippen molar-refractivity contribution in [3.63, 3.8) is 0 Å². The Morgan fingerprint density at radius 3 is 2.59 bits per heavy atom. The second kappa shape index (κ2) is 5.32. The molecule has 1 saturated heterocycles. The SMILES string of the molecule is CCN(CC(C)=C1CNC1)c1ccccc1F. The molecule has 0 spiro atoms. The van der Waals surface area contributed by atoms with Crippen LogP contribution >= 0.6 is 0 Å². The average Bonchev–Trinajstić information content (AvgIpc) is 2.24. The van der Waals surface area contributed by atoms with Crippen molar-refractivity contribution in [1.29, 1.82) is 0 Å². The number of hydrogen-bond acceptors (Lipinski definition) is 2. The quantitative estimate of drug-likeness (QED) is 0.805. The maximum atomic E-state index is 13.7. The molecule has 0 aromatic heterocycles. The van der Waals surface area contributed by atoms with Gasteiger partial charge in [0.25, 0.3) is 0 Å². The molecule has 1 aromatic carbocycles. The number of nitrogens with zero attached hydrogens (tertiary/aromatic N) is 1. The molecule has 1 fully saturated rings. The third kappa shape index (κ3) is 2.67. The normalized spacial score (nSPS) is 14.4. The van der Waals surface area contributed by atoms with Crippen LogP contribution in [0.3, 0.4) is 0 Å². The lowest BCUT2D eigenvalue weighted by atomic mass is 10.0. The van der Waals surface area contributed by atoms with Gasteiger partial charge in [0.1, 0.15) is 5.82 Å². The Kier molecular flexibility index (Phi) is 3.79. The molecule has 17 heavy (non-hydrogen) atoms. The predicted molar refractivity (Wildman–Crippen MR) is 69.9 cm³/mol. The monoisotopic (exact) mass is 234 g/mol. The summed E-state index contributed by atoms with van der Waals surface area (Å²) >= 11 is 0. The first kappa shape index (κ1) is 12.1. The Labute approximate surface area is 102 Å². The summed E-state index contributed by atoms with van der Waals surface area (Å²) in [4.78, 5) is 2.08. The summed E-state index contributed by atoms with van der Waals surface area (Å²) in [5, 5.41) is 3.23. The van der Waals surface area contributed by atoms with Gasteiger partial charge in [0, 0.05) is 26.2 Å². The molecule has 92 valence electrons. The largest absolute Gasteiger partial charge is 0.365 e. The zero-order valence-corrected chi connectivity index (χ0v) is 10.5. The Morgan fingerprint density at radius 1 is 1.35 bits per heavy atom. The van der Waals surface area contributed by atoms with Crippen molar-refractivity contribution in [3.8, 4) is 0 Å². The lowest BCUT2D eigenvalue weighted by molar-refractivity contribution is 0.618. The highest BCUT2D eigenvalue weighted by molar-refractivity contribution is 5.49. The van der Waals surface area contributed by atoms with Crippen LogP contribution in [0.2, 0.25) is 0 Å². The molecule has 1 N–H and O–H groups in total. The highest BCUT2D eigenvalue weighted by Crippen LogP contribution is 2.20. The first-order chi connectivity index (χ1) is 8.22. The van der Waals surface area contributed by atoms with Gasteiger partial charge in [-0.15, -0.1) is 0 Å². The topological polar surface area (TPSA) is 15.3 Å². The van der Waals surface area contributed by atoms with Crippen molar-refractivity contribution < 1.29 is 4.39 Å². The van der Waals surface area contributed by atoms with Gasteiger partial charge in [-0.25, -0.2) is 4.39 Å². The van der Waals surface area contributed by atoms with Crippen molar-refractivity contribution in [2.24, 2.45) is 0 Å². The predicted octanol–water partition coefficient (Wildman–Crippen LogP) is 2.57. The average molecular weight is 234 g/mol. The van der Waals surface area contributed by atoms with Gasteiger partial charge in [0.15, 0.2) is 0 Å². The minimum atomic E-state index is -0.140. The maximum Gasteiger partial charge on any atom is 0.146 e. The van der Waals surface area contributed by atoms with Crippen LogP contribution in [0.4, 0.5) is 10.1 Å². The van der Waals surface area contributed by atoms with Gasteiger partial charge in [-0.2, -0.15) is 0 Å². The molecule has 0 radical (unpaired) electrons. The van der Waals surface area contributed by atoms with E-state index in [0.29, 0.717) is 5.69 Å². The zero-order chi connectivity index (χ0) is 12.3. The van der Waals surface area contributed by atoms with Crippen LogP contribution in [0, 0.1) is 5.82 Å². The van der Waals surface area contributed by atoms with E-state index in [0.717, 1.165) is 26.2 Å². The van der Waals surface area contributed by atoms with Crippen molar-refractivity contribution in [2.75, 3.05) is 31.1 Å². The fraction of sp³-hybridized carbons (Fsp3) is 0.429. The molecule has 0 unspecified atom stereocenters. The standard InChI is InChI=1S/C14H19FN2/c1-3-17(10-11(2)12-8-16-9-12)14-7-5-4-6-13(14)15/h4-7,16H,3,8-10H2,1-2H3. The second-order valence-electron chi connectivity index (χ2n) is 4.45. The van der Waals surface area contributed by atoms with Crippen molar-refractivity contribution in [2.45, 2.75) is 13.8 Å². The molecular formula is C14H19FN2. The second-order valence-corrected chi connectivity index (χ2v) is 4.45. The number of rotatable bonds is 4. The first-order valence-corrected chi connectivity index (χ1v) is 6.10. The summed E-state index contributed by atoms with van der Waals surface area (Å²) < 4.78 is 13.7. The molecule has 1 aromatic rings. The molecule has 2 rings (SSSR count). The Morgan fingerprint density at radius 2 is 2.06 bits per heavy atom. The summed E-state index contributed by atoms with van der Waals surface area (Å²) in [6.45, 7) is 7.80. The fourth-order valence-corrected chi connectivity index (χ4v) is 2.03. The van der Waals surface area contributed by atoms with Crippen LogP contribution in [-0.2, 0) is 0 Å². The molecule has 1 aliphatic rings. The number of anilines is 1. The van der Waals surface area contributed by atoms with Crippen LogP contribution in [-0.4, -0.2) is 26.2 Å². The van der Waals surface area contributed by atoms with Gasteiger partial charge in [0.2, 0.25) is 0 Å². The Balaban J connectivity index is 2.14. The van der Waals surface area contributed by atoms with Gasteiger partial charge in [-0.3, -0.25) is 0 Å². The third-order valence-electron chi connectivity index (χ3n) is 3.28. The zero-order valence-electron chi connectivity index (χ0n) is 10.5. The minimum Gasteiger partial charge on any atom is -0.365 e. The molecule has 3 heteroatoms. The van der Waals surface area contributed by atoms with E-state index in [1.807, 2.05) is 12.1 Å². The summed E-state index contributed by atoms with van der Waals surface area (Å²) in [5.74, 6) is -0.140. The molecule has 0 atom stereocenters. The van der Waals surface area contributed by atoms with E-state index in [9.17, 15) is 4.39 Å². The van der Waals surface area contributed by atoms with E-state index in [2.05, 4.69) is 24.1 Å². The van der Waals surface area contributed by atoms with Crippen LogP contribution < -0.4 is 10.2 Å². The molecule has 2 nitrogen and oxygen atoms in total. The molecule has 1 aliphatic heterocycles. The molecule has 0 bridgehead atoms. The van der Waals surface area contributed by atoms with E-state index in [-0.39, 0.29) is 5.82 Å². The van der Waals surface area contributed by atoms with Gasteiger partial charge in [-0.05, 0) is 31.6 Å². The van der Waals surface area contributed by atoms with Gasteiger partial charge < -0.3 is 10.2 Å². The molecule has 0 saturated carbocycles. The molecule has 0 amide bonds. The summed E-state index contributed by atoms with van der Waals surface area (Å²) in [5.41, 5.74) is 3.51. The van der Waals surface area contributed by atoms with Crippen LogP contribution in [0.25, 0.3) is 0 Å². The number of likely N-dealkylation sites (N-methyl/N-ethyl adjacent to an activating group) is 1. The van der Waals surface area contributed by atoms with Crippen molar-refractivity contribution in [3.05, 3.63) is 41.2 Å². The Bertz CT molecular complexity index is 420. The highest BCUT2D eigenvalue weighted by Gasteiger charge is 2.14. The third-order valence-corrected chi connectivity index (χ3v) is 3.28. The highest BCUT2D eigenvalue weighted by atomic mass is 19.1. The van der Waals surface area contributed by atoms with Crippen molar-refractivity contribution >= 4 is 5.69 Å². The smallest absolute Gasteiger partial charge is 0.146 e. The molecule has 1 heterocycles. The van der Waals surface area contributed by atoms with Gasteiger partial charge in [-0.1, -0.05) is 17.7 Å². The molecular weight excluding hydrogens is 215 g/mol. The lowest BCUT2D eigenvalue weighted by Crippen LogP contribution is -2.37.